The third-order valence-corrected chi connectivity index (χ3v) is 21.3. The lowest BCUT2D eigenvalue weighted by Gasteiger charge is -2.56. The lowest BCUT2D eigenvalue weighted by Crippen LogP contribution is -2.77. The molecule has 33 heavy (non-hydrogen) atoms. The monoisotopic (exact) mass is 522 g/mol. The highest BCUT2D eigenvalue weighted by atomic mass is 28.5. The second-order valence-electron chi connectivity index (χ2n) is 11.9. The molecule has 9 heteroatoms. The zero-order chi connectivity index (χ0) is 25.4. The lowest BCUT2D eigenvalue weighted by atomic mass is 10.2. The van der Waals surface area contributed by atoms with Gasteiger partial charge in [0.05, 0.1) is 18.7 Å². The van der Waals surface area contributed by atoms with Gasteiger partial charge >= 0.3 is 25.7 Å². The van der Waals surface area contributed by atoms with E-state index in [1.165, 1.54) is 0 Å². The smallest absolute Gasteiger partial charge is 0.350 e. The van der Waals surface area contributed by atoms with E-state index >= 15 is 0 Å². The van der Waals surface area contributed by atoms with Gasteiger partial charge in [0.1, 0.15) is 0 Å². The molecular formula is C24H54O6Si3. The molecule has 1 aliphatic heterocycles. The molecular weight excluding hydrogens is 469 g/mol. The second-order valence-corrected chi connectivity index (χ2v) is 23.6. The Kier molecular flexibility index (Phi) is 13.0. The molecule has 1 heterocycles. The van der Waals surface area contributed by atoms with Crippen molar-refractivity contribution in [2.75, 3.05) is 38.5 Å². The van der Waals surface area contributed by atoms with Crippen LogP contribution < -0.4 is 0 Å². The average molecular weight is 523 g/mol. The number of rotatable bonds is 15. The van der Waals surface area contributed by atoms with Gasteiger partial charge in [-0.2, -0.15) is 0 Å². The van der Waals surface area contributed by atoms with Crippen molar-refractivity contribution >= 4 is 25.7 Å². The van der Waals surface area contributed by atoms with Crippen molar-refractivity contribution in [3.63, 3.8) is 0 Å². The maximum atomic E-state index is 7.14. The van der Waals surface area contributed by atoms with Crippen LogP contribution in [0.15, 0.2) is 0 Å². The van der Waals surface area contributed by atoms with E-state index in [-0.39, 0.29) is 16.6 Å². The van der Waals surface area contributed by atoms with E-state index in [2.05, 4.69) is 83.1 Å². The standard InChI is InChI=1S/C24H54O6Si3/c1-19(2)13-25-16-31(22(7)8)28-32(23(9)10,17-26-14-20(3)4)30-33(29-31,24(11)12)18-27-15-21(5)6/h19-24H,13-18H2,1-12H3. The lowest BCUT2D eigenvalue weighted by molar-refractivity contribution is 0.0637. The van der Waals surface area contributed by atoms with Crippen molar-refractivity contribution in [1.82, 2.24) is 0 Å². The van der Waals surface area contributed by atoms with E-state index in [0.717, 1.165) is 0 Å². The summed E-state index contributed by atoms with van der Waals surface area (Å²) in [5, 5.41) is 0. The van der Waals surface area contributed by atoms with Crippen molar-refractivity contribution in [3.8, 4) is 0 Å². The van der Waals surface area contributed by atoms with Gasteiger partial charge in [-0.25, -0.2) is 0 Å². The second kappa shape index (κ2) is 13.6. The first-order valence-corrected chi connectivity index (χ1v) is 19.3. The first-order valence-electron chi connectivity index (χ1n) is 13.0. The minimum atomic E-state index is -2.76. The molecule has 6 nitrogen and oxygen atoms in total. The molecule has 0 saturated carbocycles. The molecule has 0 aliphatic carbocycles. The Bertz CT molecular complexity index is 472. The molecule has 0 aromatic heterocycles. The van der Waals surface area contributed by atoms with Crippen LogP contribution in [0.5, 0.6) is 0 Å². The summed E-state index contributed by atoms with van der Waals surface area (Å²) < 4.78 is 40.2. The van der Waals surface area contributed by atoms with Crippen molar-refractivity contribution < 1.29 is 26.6 Å². The molecule has 0 aromatic carbocycles. The van der Waals surface area contributed by atoms with E-state index in [0.29, 0.717) is 56.3 Å². The summed E-state index contributed by atoms with van der Waals surface area (Å²) in [6.45, 7) is 28.5. The van der Waals surface area contributed by atoms with Gasteiger partial charge < -0.3 is 26.6 Å². The normalized spacial score (nSPS) is 28.9. The first kappa shape index (κ1) is 31.4. The molecule has 0 spiro atoms. The van der Waals surface area contributed by atoms with Gasteiger partial charge in [-0.15, -0.1) is 0 Å². The molecule has 0 aromatic rings. The molecule has 0 bridgehead atoms. The van der Waals surface area contributed by atoms with Crippen LogP contribution >= 0.6 is 0 Å². The maximum absolute atomic E-state index is 7.14. The minimum Gasteiger partial charge on any atom is -0.412 e. The summed E-state index contributed by atoms with van der Waals surface area (Å²) in [5.74, 6) is 1.39. The Morgan fingerprint density at radius 1 is 0.424 bits per heavy atom. The van der Waals surface area contributed by atoms with E-state index in [9.17, 15) is 0 Å². The topological polar surface area (TPSA) is 55.4 Å². The summed E-state index contributed by atoms with van der Waals surface area (Å²) in [4.78, 5) is 0. The largest absolute Gasteiger partial charge is 0.412 e. The van der Waals surface area contributed by atoms with Gasteiger partial charge in [-0.05, 0) is 34.4 Å². The SMILES string of the molecule is CC(C)COC[Si]1(C(C)C)O[Si](COCC(C)C)(C(C)C)O[Si](COCC(C)C)(C(C)C)O1. The Morgan fingerprint density at radius 3 is 0.788 bits per heavy atom. The van der Waals surface area contributed by atoms with Crippen LogP contribution in [0, 0.1) is 17.8 Å². The van der Waals surface area contributed by atoms with Crippen molar-refractivity contribution in [2.24, 2.45) is 17.8 Å². The Hall–Kier alpha value is 0.411. The van der Waals surface area contributed by atoms with Gasteiger partial charge in [0, 0.05) is 19.8 Å². The Morgan fingerprint density at radius 2 is 0.636 bits per heavy atom. The summed E-state index contributed by atoms with van der Waals surface area (Å²) in [6, 6.07) is 0. The molecule has 1 aliphatic rings. The van der Waals surface area contributed by atoms with Crippen LogP contribution in [-0.4, -0.2) is 64.2 Å². The fraction of sp³-hybridized carbons (Fsp3) is 1.00. The molecule has 0 radical (unpaired) electrons. The fourth-order valence-corrected chi connectivity index (χ4v) is 21.6. The van der Waals surface area contributed by atoms with Gasteiger partial charge in [0.25, 0.3) is 0 Å². The molecule has 1 rings (SSSR count). The highest BCUT2D eigenvalue weighted by molar-refractivity contribution is 6.95. The third kappa shape index (κ3) is 9.09. The highest BCUT2D eigenvalue weighted by Gasteiger charge is 2.66. The number of ether oxygens (including phenoxy) is 3. The maximum Gasteiger partial charge on any atom is 0.350 e. The van der Waals surface area contributed by atoms with E-state index in [4.69, 9.17) is 26.6 Å². The van der Waals surface area contributed by atoms with Gasteiger partial charge in [0.15, 0.2) is 0 Å². The van der Waals surface area contributed by atoms with Crippen LogP contribution in [0.3, 0.4) is 0 Å². The number of hydrogen-bond acceptors (Lipinski definition) is 6. The van der Waals surface area contributed by atoms with Crippen molar-refractivity contribution in [2.45, 2.75) is 99.7 Å². The highest BCUT2D eigenvalue weighted by Crippen LogP contribution is 2.45. The number of hydrogen-bond donors (Lipinski definition) is 0. The van der Waals surface area contributed by atoms with Crippen LogP contribution in [0.1, 0.15) is 83.1 Å². The molecule has 1 fully saturated rings. The van der Waals surface area contributed by atoms with Crippen molar-refractivity contribution in [1.29, 1.82) is 0 Å². The van der Waals surface area contributed by atoms with Crippen molar-refractivity contribution in [3.05, 3.63) is 0 Å². The third-order valence-electron chi connectivity index (χ3n) is 5.94. The zero-order valence-electron chi connectivity index (χ0n) is 23.7. The van der Waals surface area contributed by atoms with Crippen LogP contribution in [0.2, 0.25) is 16.6 Å². The molecule has 0 amide bonds. The van der Waals surface area contributed by atoms with Crippen LogP contribution in [0.4, 0.5) is 0 Å². The summed E-state index contributed by atoms with van der Waals surface area (Å²) in [7, 11) is -8.28. The molecule has 0 atom stereocenters. The fourth-order valence-electron chi connectivity index (χ4n) is 3.63. The quantitative estimate of drug-likeness (QED) is 0.237. The van der Waals surface area contributed by atoms with E-state index in [1.54, 1.807) is 0 Å². The predicted octanol–water partition coefficient (Wildman–Crippen LogP) is 6.24. The molecule has 198 valence electrons. The Balaban J connectivity index is 3.44. The van der Waals surface area contributed by atoms with Crippen LogP contribution in [0.25, 0.3) is 0 Å². The van der Waals surface area contributed by atoms with E-state index < -0.39 is 25.7 Å². The van der Waals surface area contributed by atoms with Gasteiger partial charge in [-0.1, -0.05) is 83.1 Å². The van der Waals surface area contributed by atoms with E-state index in [1.807, 2.05) is 0 Å². The molecule has 1 saturated heterocycles. The van der Waals surface area contributed by atoms with Gasteiger partial charge in [0.2, 0.25) is 0 Å². The summed E-state index contributed by atoms with van der Waals surface area (Å²) in [6.07, 6.45) is 1.59. The molecule has 0 unspecified atom stereocenters. The molecule has 0 N–H and O–H groups in total. The summed E-state index contributed by atoms with van der Waals surface area (Å²) in [5.41, 5.74) is 0.708. The first-order chi connectivity index (χ1) is 15.2. The van der Waals surface area contributed by atoms with Crippen LogP contribution in [-0.2, 0) is 26.6 Å². The Labute approximate surface area is 208 Å². The minimum absolute atomic E-state index is 0.236. The predicted molar refractivity (Wildman–Crippen MR) is 143 cm³/mol. The van der Waals surface area contributed by atoms with Gasteiger partial charge in [-0.3, -0.25) is 0 Å². The summed E-state index contributed by atoms with van der Waals surface area (Å²) >= 11 is 0. The zero-order valence-corrected chi connectivity index (χ0v) is 26.7. The average Bonchev–Trinajstić information content (AvgIpc) is 2.66.